The Balaban J connectivity index is 2.00. The standard InChI is InChI=1S/C15H11Cl2N3O5/c16-10-2-1-3-11(17)14(10)19-13(21)7-25-15(22)9-5-4-8(20(23)24)6-12(9)18/h1-6H,7,18H2,(H,19,21). The maximum Gasteiger partial charge on any atom is 0.340 e. The first kappa shape index (κ1) is 18.5. The Bertz CT molecular complexity index is 837. The molecule has 0 unspecified atom stereocenters. The zero-order valence-corrected chi connectivity index (χ0v) is 14.0. The van der Waals surface area contributed by atoms with Gasteiger partial charge in [0.15, 0.2) is 6.61 Å². The number of para-hydroxylation sites is 1. The molecular formula is C15H11Cl2N3O5. The van der Waals surface area contributed by atoms with Crippen molar-refractivity contribution in [2.75, 3.05) is 17.7 Å². The first-order chi connectivity index (χ1) is 11.8. The molecule has 2 aromatic carbocycles. The summed E-state index contributed by atoms with van der Waals surface area (Å²) in [5.41, 5.74) is 5.30. The smallest absolute Gasteiger partial charge is 0.340 e. The highest BCUT2D eigenvalue weighted by atomic mass is 35.5. The van der Waals surface area contributed by atoms with Crippen molar-refractivity contribution in [2.24, 2.45) is 0 Å². The second-order valence-corrected chi connectivity index (χ2v) is 5.56. The molecule has 8 nitrogen and oxygen atoms in total. The van der Waals surface area contributed by atoms with E-state index in [0.717, 1.165) is 18.2 Å². The van der Waals surface area contributed by atoms with Crippen LogP contribution in [0.25, 0.3) is 0 Å². The first-order valence-electron chi connectivity index (χ1n) is 6.74. The fraction of sp³-hybridized carbons (Fsp3) is 0.0667. The molecule has 0 saturated heterocycles. The molecule has 0 bridgehead atoms. The van der Waals surface area contributed by atoms with Gasteiger partial charge < -0.3 is 15.8 Å². The lowest BCUT2D eigenvalue weighted by Gasteiger charge is -2.10. The van der Waals surface area contributed by atoms with Crippen molar-refractivity contribution >= 4 is 52.1 Å². The Morgan fingerprint density at radius 2 is 1.84 bits per heavy atom. The number of nitrogens with zero attached hydrogens (tertiary/aromatic N) is 1. The molecule has 130 valence electrons. The van der Waals surface area contributed by atoms with E-state index in [9.17, 15) is 19.7 Å². The third kappa shape index (κ3) is 4.59. The van der Waals surface area contributed by atoms with Crippen LogP contribution in [-0.2, 0) is 9.53 Å². The number of ether oxygens (including phenoxy) is 1. The average Bonchev–Trinajstić information content (AvgIpc) is 2.56. The Hall–Kier alpha value is -2.84. The number of carbonyl (C=O) groups is 2. The lowest BCUT2D eigenvalue weighted by molar-refractivity contribution is -0.384. The Kier molecular flexibility index (Phi) is 5.79. The van der Waals surface area contributed by atoms with E-state index < -0.39 is 23.4 Å². The number of hydrogen-bond acceptors (Lipinski definition) is 6. The maximum absolute atomic E-state index is 11.9. The van der Waals surface area contributed by atoms with Crippen LogP contribution in [0.4, 0.5) is 17.1 Å². The van der Waals surface area contributed by atoms with Crippen LogP contribution in [0.15, 0.2) is 36.4 Å². The van der Waals surface area contributed by atoms with Crippen LogP contribution in [0.3, 0.4) is 0 Å². The molecule has 0 fully saturated rings. The Labute approximate surface area is 151 Å². The van der Waals surface area contributed by atoms with E-state index in [1.165, 1.54) is 12.1 Å². The normalized spacial score (nSPS) is 10.2. The van der Waals surface area contributed by atoms with E-state index in [2.05, 4.69) is 5.32 Å². The van der Waals surface area contributed by atoms with Gasteiger partial charge in [0.1, 0.15) is 0 Å². The predicted octanol–water partition coefficient (Wildman–Crippen LogP) is 3.28. The largest absolute Gasteiger partial charge is 0.452 e. The number of nitrogen functional groups attached to an aromatic ring is 1. The predicted molar refractivity (Wildman–Crippen MR) is 92.9 cm³/mol. The summed E-state index contributed by atoms with van der Waals surface area (Å²) in [6, 6.07) is 7.96. The van der Waals surface area contributed by atoms with Gasteiger partial charge in [0.2, 0.25) is 0 Å². The summed E-state index contributed by atoms with van der Waals surface area (Å²) in [5, 5.41) is 13.5. The van der Waals surface area contributed by atoms with Gasteiger partial charge in [-0.15, -0.1) is 0 Å². The number of nitrogens with one attached hydrogen (secondary N) is 1. The summed E-state index contributed by atoms with van der Waals surface area (Å²) in [6.07, 6.45) is 0. The fourth-order valence-corrected chi connectivity index (χ4v) is 2.34. The van der Waals surface area contributed by atoms with Crippen LogP contribution in [0.1, 0.15) is 10.4 Å². The molecule has 0 radical (unpaired) electrons. The van der Waals surface area contributed by atoms with Crippen LogP contribution in [0.5, 0.6) is 0 Å². The molecule has 1 amide bonds. The number of nitrogens with two attached hydrogens (primary N) is 1. The van der Waals surface area contributed by atoms with Crippen LogP contribution in [0.2, 0.25) is 10.0 Å². The molecule has 0 aliphatic carbocycles. The number of amides is 1. The van der Waals surface area contributed by atoms with Gasteiger partial charge in [-0.1, -0.05) is 29.3 Å². The van der Waals surface area contributed by atoms with E-state index in [1.54, 1.807) is 6.07 Å². The van der Waals surface area contributed by atoms with Gasteiger partial charge in [-0.3, -0.25) is 14.9 Å². The summed E-state index contributed by atoms with van der Waals surface area (Å²) >= 11 is 11.8. The van der Waals surface area contributed by atoms with Crippen LogP contribution < -0.4 is 11.1 Å². The van der Waals surface area contributed by atoms with E-state index in [0.29, 0.717) is 0 Å². The number of benzene rings is 2. The number of non-ortho nitro benzene ring substituents is 1. The van der Waals surface area contributed by atoms with E-state index in [4.69, 9.17) is 33.7 Å². The number of nitro groups is 1. The van der Waals surface area contributed by atoms with Gasteiger partial charge >= 0.3 is 5.97 Å². The minimum atomic E-state index is -0.896. The van der Waals surface area contributed by atoms with E-state index in [-0.39, 0.29) is 32.7 Å². The molecule has 0 spiro atoms. The lowest BCUT2D eigenvalue weighted by Crippen LogP contribution is -2.21. The van der Waals surface area contributed by atoms with E-state index >= 15 is 0 Å². The van der Waals surface area contributed by atoms with Gasteiger partial charge in [-0.25, -0.2) is 4.79 Å². The van der Waals surface area contributed by atoms with Crippen molar-refractivity contribution in [2.45, 2.75) is 0 Å². The molecule has 0 heterocycles. The van der Waals surface area contributed by atoms with Gasteiger partial charge in [0.05, 0.1) is 31.9 Å². The van der Waals surface area contributed by atoms with Gasteiger partial charge in [0.25, 0.3) is 11.6 Å². The van der Waals surface area contributed by atoms with Crippen LogP contribution in [0, 0.1) is 10.1 Å². The molecule has 0 aromatic heterocycles. The molecule has 0 aliphatic heterocycles. The first-order valence-corrected chi connectivity index (χ1v) is 7.50. The summed E-state index contributed by atoms with van der Waals surface area (Å²) in [5.74, 6) is -1.56. The SMILES string of the molecule is Nc1cc([N+](=O)[O-])ccc1C(=O)OCC(=O)Nc1c(Cl)cccc1Cl. The zero-order chi connectivity index (χ0) is 18.6. The number of anilines is 2. The Morgan fingerprint density at radius 3 is 2.40 bits per heavy atom. The summed E-state index contributed by atoms with van der Waals surface area (Å²) in [4.78, 5) is 33.8. The Morgan fingerprint density at radius 1 is 1.20 bits per heavy atom. The third-order valence-electron chi connectivity index (χ3n) is 3.03. The number of halogens is 2. The van der Waals surface area contributed by atoms with Crippen molar-refractivity contribution < 1.29 is 19.2 Å². The molecule has 2 aromatic rings. The molecular weight excluding hydrogens is 373 g/mol. The highest BCUT2D eigenvalue weighted by molar-refractivity contribution is 6.39. The van der Waals surface area contributed by atoms with Gasteiger partial charge in [-0.2, -0.15) is 0 Å². The summed E-state index contributed by atoms with van der Waals surface area (Å²) in [7, 11) is 0. The van der Waals surface area contributed by atoms with Crippen molar-refractivity contribution in [3.05, 3.63) is 62.1 Å². The second-order valence-electron chi connectivity index (χ2n) is 4.75. The zero-order valence-electron chi connectivity index (χ0n) is 12.5. The number of nitro benzene ring substituents is 1. The molecule has 0 atom stereocenters. The number of rotatable bonds is 5. The molecule has 10 heteroatoms. The van der Waals surface area contributed by atoms with Crippen molar-refractivity contribution in [3.63, 3.8) is 0 Å². The van der Waals surface area contributed by atoms with Crippen molar-refractivity contribution in [1.82, 2.24) is 0 Å². The number of esters is 1. The lowest BCUT2D eigenvalue weighted by atomic mass is 10.1. The monoisotopic (exact) mass is 383 g/mol. The highest BCUT2D eigenvalue weighted by Crippen LogP contribution is 2.29. The fourth-order valence-electron chi connectivity index (χ4n) is 1.85. The van der Waals surface area contributed by atoms with Crippen LogP contribution >= 0.6 is 23.2 Å². The molecule has 0 aliphatic rings. The average molecular weight is 384 g/mol. The van der Waals surface area contributed by atoms with Crippen molar-refractivity contribution in [1.29, 1.82) is 0 Å². The topological polar surface area (TPSA) is 125 Å². The summed E-state index contributed by atoms with van der Waals surface area (Å²) in [6.45, 7) is -0.614. The minimum absolute atomic E-state index is 0.0887. The number of hydrogen-bond donors (Lipinski definition) is 2. The molecule has 3 N–H and O–H groups in total. The highest BCUT2D eigenvalue weighted by Gasteiger charge is 2.17. The third-order valence-corrected chi connectivity index (χ3v) is 3.66. The van der Waals surface area contributed by atoms with Gasteiger partial charge in [0, 0.05) is 12.1 Å². The van der Waals surface area contributed by atoms with Crippen molar-refractivity contribution in [3.8, 4) is 0 Å². The maximum atomic E-state index is 11.9. The number of carbonyl (C=O) groups excluding carboxylic acids is 2. The van der Waals surface area contributed by atoms with Gasteiger partial charge in [-0.05, 0) is 18.2 Å². The minimum Gasteiger partial charge on any atom is -0.452 e. The second kappa shape index (κ2) is 7.82. The summed E-state index contributed by atoms with van der Waals surface area (Å²) < 4.78 is 4.84. The molecule has 25 heavy (non-hydrogen) atoms. The molecule has 2 rings (SSSR count). The molecule has 0 saturated carbocycles. The van der Waals surface area contributed by atoms with E-state index in [1.807, 2.05) is 0 Å². The quantitative estimate of drug-likeness (QED) is 0.353. The van der Waals surface area contributed by atoms with Crippen LogP contribution in [-0.4, -0.2) is 23.4 Å².